The third-order valence-corrected chi connectivity index (χ3v) is 4.64. The largest absolute Gasteiger partial charge is 0.466 e. The molecule has 0 radical (unpaired) electrons. The number of hydrogen-bond donors (Lipinski definition) is 3. The molecule has 0 saturated heterocycles. The first kappa shape index (κ1) is 17.3. The average molecular weight is 381 g/mol. The van der Waals surface area contributed by atoms with E-state index in [1.165, 1.54) is 7.11 Å². The van der Waals surface area contributed by atoms with E-state index in [9.17, 15) is 9.59 Å². The molecule has 1 aromatic carbocycles. The minimum atomic E-state index is -0.741. The number of carbonyl (C=O) groups excluding carboxylic acids is 1. The van der Waals surface area contributed by atoms with Gasteiger partial charge in [-0.05, 0) is 19.1 Å². The molecule has 1 aromatic heterocycles. The molecule has 130 valence electrons. The number of nitrogen functional groups attached to an aromatic ring is 1. The number of esters is 1. The first-order chi connectivity index (χ1) is 11.8. The summed E-state index contributed by atoms with van der Waals surface area (Å²) in [5.74, 6) is -0.999. The molecular weight excluding hydrogens is 367 g/mol. The second-order valence-electron chi connectivity index (χ2n) is 5.44. The van der Waals surface area contributed by atoms with Crippen LogP contribution in [-0.2, 0) is 9.53 Å². The van der Waals surface area contributed by atoms with Gasteiger partial charge in [-0.1, -0.05) is 29.3 Å². The van der Waals surface area contributed by atoms with Gasteiger partial charge in [0.15, 0.2) is 0 Å². The number of hydrogen-bond acceptors (Lipinski definition) is 6. The number of fused-ring (bicyclic) bond motifs is 1. The third-order valence-electron chi connectivity index (χ3n) is 3.98. The van der Waals surface area contributed by atoms with Crippen LogP contribution in [0.25, 0.3) is 0 Å². The van der Waals surface area contributed by atoms with Gasteiger partial charge in [-0.2, -0.15) is 4.98 Å². The molecule has 1 aliphatic heterocycles. The van der Waals surface area contributed by atoms with Crippen molar-refractivity contribution in [1.29, 1.82) is 0 Å². The number of nitrogens with one attached hydrogen (secondary N) is 2. The summed E-state index contributed by atoms with van der Waals surface area (Å²) < 4.78 is 4.91. The van der Waals surface area contributed by atoms with E-state index in [0.717, 1.165) is 0 Å². The summed E-state index contributed by atoms with van der Waals surface area (Å²) in [7, 11) is 1.28. The molecule has 0 fully saturated rings. The summed E-state index contributed by atoms with van der Waals surface area (Å²) in [4.78, 5) is 30.4. The first-order valence-corrected chi connectivity index (χ1v) is 8.00. The fourth-order valence-electron chi connectivity index (χ4n) is 2.95. The number of rotatable bonds is 2. The van der Waals surface area contributed by atoms with Crippen molar-refractivity contribution in [2.24, 2.45) is 0 Å². The third kappa shape index (κ3) is 2.85. The van der Waals surface area contributed by atoms with Gasteiger partial charge in [-0.3, -0.25) is 4.98 Å². The maximum atomic E-state index is 12.4. The van der Waals surface area contributed by atoms with Crippen LogP contribution in [0.3, 0.4) is 0 Å². The van der Waals surface area contributed by atoms with Crippen molar-refractivity contribution in [2.45, 2.75) is 12.8 Å². The van der Waals surface area contributed by atoms with Crippen LogP contribution in [0, 0.1) is 0 Å². The molecule has 9 heteroatoms. The van der Waals surface area contributed by atoms with E-state index in [4.69, 9.17) is 33.7 Å². The van der Waals surface area contributed by atoms with Gasteiger partial charge in [0.05, 0.1) is 18.6 Å². The maximum Gasteiger partial charge on any atom is 0.348 e. The van der Waals surface area contributed by atoms with Gasteiger partial charge in [0, 0.05) is 26.9 Å². The normalized spacial score (nSPS) is 16.2. The number of halogens is 2. The second kappa shape index (κ2) is 6.42. The van der Waals surface area contributed by atoms with Gasteiger partial charge in [-0.15, -0.1) is 0 Å². The lowest BCUT2D eigenvalue weighted by Crippen LogP contribution is -2.29. The van der Waals surface area contributed by atoms with Crippen molar-refractivity contribution in [2.75, 3.05) is 18.2 Å². The molecule has 3 rings (SSSR count). The van der Waals surface area contributed by atoms with E-state index < -0.39 is 17.6 Å². The van der Waals surface area contributed by atoms with Crippen LogP contribution < -0.4 is 16.7 Å². The lowest BCUT2D eigenvalue weighted by molar-refractivity contribution is -0.136. The Morgan fingerprint density at radius 1 is 1.28 bits per heavy atom. The molecule has 0 spiro atoms. The summed E-state index contributed by atoms with van der Waals surface area (Å²) >= 11 is 12.7. The molecule has 0 amide bonds. The zero-order valence-electron chi connectivity index (χ0n) is 13.3. The molecule has 25 heavy (non-hydrogen) atoms. The van der Waals surface area contributed by atoms with Crippen LogP contribution >= 0.6 is 23.2 Å². The molecule has 0 bridgehead atoms. The molecule has 4 N–H and O–H groups in total. The fraction of sp³-hybridized carbons (Fsp3) is 0.188. The predicted molar refractivity (Wildman–Crippen MR) is 95.9 cm³/mol. The Hall–Kier alpha value is -2.51. The number of aromatic amines is 1. The van der Waals surface area contributed by atoms with Crippen LogP contribution in [0.4, 0.5) is 11.6 Å². The Kier molecular flexibility index (Phi) is 4.45. The van der Waals surface area contributed by atoms with Gasteiger partial charge in [0.25, 0.3) is 0 Å². The molecule has 2 aromatic rings. The summed E-state index contributed by atoms with van der Waals surface area (Å²) in [6.07, 6.45) is 0. The number of nitrogens with zero attached hydrogens (tertiary/aromatic N) is 1. The predicted octanol–water partition coefficient (Wildman–Crippen LogP) is 2.66. The highest BCUT2D eigenvalue weighted by Gasteiger charge is 2.37. The van der Waals surface area contributed by atoms with Crippen molar-refractivity contribution in [3.63, 3.8) is 0 Å². The van der Waals surface area contributed by atoms with Gasteiger partial charge < -0.3 is 15.8 Å². The fourth-order valence-corrected chi connectivity index (χ4v) is 3.56. The molecular formula is C16H14Cl2N4O3. The average Bonchev–Trinajstić information content (AvgIpc) is 2.53. The summed E-state index contributed by atoms with van der Waals surface area (Å²) in [5.41, 5.74) is 7.05. The monoisotopic (exact) mass is 380 g/mol. The number of ether oxygens (including phenoxy) is 1. The van der Waals surface area contributed by atoms with E-state index in [-0.39, 0.29) is 17.2 Å². The van der Waals surface area contributed by atoms with Gasteiger partial charge in [-0.25, -0.2) is 9.59 Å². The van der Waals surface area contributed by atoms with Crippen molar-refractivity contribution in [3.05, 3.63) is 61.1 Å². The molecule has 1 unspecified atom stereocenters. The van der Waals surface area contributed by atoms with Crippen LogP contribution in [0.5, 0.6) is 0 Å². The Labute approximate surface area is 152 Å². The topological polar surface area (TPSA) is 110 Å². The summed E-state index contributed by atoms with van der Waals surface area (Å²) in [6, 6.07) is 5.01. The van der Waals surface area contributed by atoms with E-state index in [1.54, 1.807) is 25.1 Å². The Morgan fingerprint density at radius 2 is 1.92 bits per heavy atom. The standard InChI is InChI=1S/C16H14Cl2N4O3/c1-6-9(15(23)25-2)11(10-7(17)4-3-5-8(10)18)12-13(19)21-16(24)22-14(12)20-6/h3-5,11H,1-2H3,(H4,19,20,21,22,24). The minimum absolute atomic E-state index is 0.0670. The summed E-state index contributed by atoms with van der Waals surface area (Å²) in [5, 5.41) is 3.63. The van der Waals surface area contributed by atoms with Crippen molar-refractivity contribution in [1.82, 2.24) is 9.97 Å². The van der Waals surface area contributed by atoms with E-state index in [0.29, 0.717) is 26.9 Å². The Balaban J connectivity index is 2.39. The lowest BCUT2D eigenvalue weighted by Gasteiger charge is -2.30. The van der Waals surface area contributed by atoms with Crippen LogP contribution in [0.15, 0.2) is 34.3 Å². The number of nitrogens with two attached hydrogens (primary N) is 1. The molecule has 2 heterocycles. The summed E-state index contributed by atoms with van der Waals surface area (Å²) in [6.45, 7) is 1.67. The van der Waals surface area contributed by atoms with E-state index in [2.05, 4.69) is 15.3 Å². The first-order valence-electron chi connectivity index (χ1n) is 7.24. The number of aromatic nitrogens is 2. The number of carbonyl (C=O) groups is 1. The molecule has 7 nitrogen and oxygen atoms in total. The van der Waals surface area contributed by atoms with Gasteiger partial charge in [0.2, 0.25) is 0 Å². The minimum Gasteiger partial charge on any atom is -0.466 e. The SMILES string of the molecule is COC(=O)C1=C(C)Nc2nc(=O)[nH]c(N)c2C1c1c(Cl)cccc1Cl. The quantitative estimate of drug-likeness (QED) is 0.690. The second-order valence-corrected chi connectivity index (χ2v) is 6.26. The van der Waals surface area contributed by atoms with Gasteiger partial charge >= 0.3 is 11.7 Å². The number of anilines is 2. The highest BCUT2D eigenvalue weighted by atomic mass is 35.5. The molecule has 0 aliphatic carbocycles. The van der Waals surface area contributed by atoms with Crippen molar-refractivity contribution >= 4 is 40.8 Å². The zero-order chi connectivity index (χ0) is 18.3. The van der Waals surface area contributed by atoms with Crippen molar-refractivity contribution in [3.8, 4) is 0 Å². The highest BCUT2D eigenvalue weighted by Crippen LogP contribution is 2.47. The number of H-pyrrole nitrogens is 1. The van der Waals surface area contributed by atoms with Crippen LogP contribution in [0.2, 0.25) is 10.0 Å². The maximum absolute atomic E-state index is 12.4. The van der Waals surface area contributed by atoms with Crippen LogP contribution in [0.1, 0.15) is 24.0 Å². The highest BCUT2D eigenvalue weighted by molar-refractivity contribution is 6.36. The zero-order valence-corrected chi connectivity index (χ0v) is 14.8. The van der Waals surface area contributed by atoms with E-state index >= 15 is 0 Å². The van der Waals surface area contributed by atoms with Crippen LogP contribution in [-0.4, -0.2) is 23.0 Å². The molecule has 1 atom stereocenters. The molecule has 0 saturated carbocycles. The number of methoxy groups -OCH3 is 1. The number of benzene rings is 1. The van der Waals surface area contributed by atoms with Crippen molar-refractivity contribution < 1.29 is 9.53 Å². The smallest absolute Gasteiger partial charge is 0.348 e. The molecule has 1 aliphatic rings. The Morgan fingerprint density at radius 3 is 2.52 bits per heavy atom. The van der Waals surface area contributed by atoms with E-state index in [1.807, 2.05) is 0 Å². The Bertz CT molecular complexity index is 948. The number of allylic oxidation sites excluding steroid dienone is 1. The van der Waals surface area contributed by atoms with Gasteiger partial charge in [0.1, 0.15) is 11.6 Å². The lowest BCUT2D eigenvalue weighted by atomic mass is 9.82.